The third kappa shape index (κ3) is 4.28. The molecule has 0 bridgehead atoms. The van der Waals surface area contributed by atoms with Crippen molar-refractivity contribution in [1.29, 1.82) is 0 Å². The molecule has 1 aliphatic rings. The van der Waals surface area contributed by atoms with Gasteiger partial charge in [0.15, 0.2) is 5.58 Å². The first-order chi connectivity index (χ1) is 25.3. The third-order valence-electron chi connectivity index (χ3n) is 10.3. The van der Waals surface area contributed by atoms with Crippen LogP contribution in [0.5, 0.6) is 0 Å². The molecule has 0 saturated heterocycles. The highest BCUT2D eigenvalue weighted by Crippen LogP contribution is 2.42. The van der Waals surface area contributed by atoms with Crippen molar-refractivity contribution < 1.29 is 4.42 Å². The van der Waals surface area contributed by atoms with Gasteiger partial charge in [-0.1, -0.05) is 133 Å². The predicted molar refractivity (Wildman–Crippen MR) is 214 cm³/mol. The van der Waals surface area contributed by atoms with Crippen molar-refractivity contribution >= 4 is 86.7 Å². The zero-order chi connectivity index (χ0) is 33.5. The summed E-state index contributed by atoms with van der Waals surface area (Å²) < 4.78 is 11.6. The summed E-state index contributed by atoms with van der Waals surface area (Å²) in [6.45, 7) is 0. The summed E-state index contributed by atoms with van der Waals surface area (Å²) >= 11 is 1.84. The number of nitrogens with one attached hydrogen (secondary N) is 1. The van der Waals surface area contributed by atoms with Gasteiger partial charge in [0.05, 0.1) is 22.4 Å². The number of aromatic nitrogens is 1. The molecular weight excluding hydrogens is 643 g/mol. The minimum Gasteiger partial charge on any atom is -0.454 e. The molecule has 1 unspecified atom stereocenters. The van der Waals surface area contributed by atoms with Gasteiger partial charge in [-0.05, 0) is 35.9 Å². The van der Waals surface area contributed by atoms with Gasteiger partial charge in [0.2, 0.25) is 0 Å². The summed E-state index contributed by atoms with van der Waals surface area (Å²) in [6.07, 6.45) is 1.93. The molecule has 1 N–H and O–H groups in total. The molecule has 0 aliphatic carbocycles. The molecule has 0 saturated carbocycles. The van der Waals surface area contributed by atoms with Gasteiger partial charge in [0.1, 0.15) is 11.7 Å². The van der Waals surface area contributed by atoms with E-state index in [4.69, 9.17) is 9.41 Å². The predicted octanol–water partition coefficient (Wildman–Crippen LogP) is 12.2. The Morgan fingerprint density at radius 1 is 0.588 bits per heavy atom. The molecule has 51 heavy (non-hydrogen) atoms. The Labute approximate surface area is 297 Å². The van der Waals surface area contributed by atoms with Gasteiger partial charge in [-0.2, -0.15) is 0 Å². The van der Waals surface area contributed by atoms with Gasteiger partial charge >= 0.3 is 0 Å². The molecular formula is C46H29N3OS. The normalized spacial score (nSPS) is 14.9. The lowest BCUT2D eigenvalue weighted by Gasteiger charge is -2.26. The molecule has 11 rings (SSSR count). The SMILES string of the molecule is C1=C(c2ccccc2)NC(c2cccc3c2sc2ccccc23)N=C1c1cccc2c3ccccc3n(-c3cccc4c3oc3ccccc34)c12. The maximum Gasteiger partial charge on any atom is 0.159 e. The Bertz CT molecular complexity index is 3070. The molecule has 4 nitrogen and oxygen atoms in total. The van der Waals surface area contributed by atoms with E-state index in [0.29, 0.717) is 0 Å². The number of hydrogen-bond donors (Lipinski definition) is 1. The Balaban J connectivity index is 1.20. The van der Waals surface area contributed by atoms with Crippen LogP contribution in [0.1, 0.15) is 22.9 Å². The van der Waals surface area contributed by atoms with E-state index in [0.717, 1.165) is 61.2 Å². The zero-order valence-corrected chi connectivity index (χ0v) is 28.2. The molecule has 0 spiro atoms. The van der Waals surface area contributed by atoms with E-state index in [-0.39, 0.29) is 6.17 Å². The van der Waals surface area contributed by atoms with E-state index in [1.54, 1.807) is 0 Å². The third-order valence-corrected chi connectivity index (χ3v) is 11.5. The number of rotatable bonds is 4. The summed E-state index contributed by atoms with van der Waals surface area (Å²) in [5.41, 5.74) is 10.3. The summed E-state index contributed by atoms with van der Waals surface area (Å²) in [7, 11) is 0. The number of benzene rings is 7. The number of furan rings is 1. The summed E-state index contributed by atoms with van der Waals surface area (Å²) in [5, 5.41) is 11.0. The topological polar surface area (TPSA) is 42.5 Å². The van der Waals surface area contributed by atoms with Gasteiger partial charge in [-0.15, -0.1) is 11.3 Å². The molecule has 3 aromatic heterocycles. The average molecular weight is 672 g/mol. The molecule has 7 aromatic carbocycles. The molecule has 1 aliphatic heterocycles. The zero-order valence-electron chi connectivity index (χ0n) is 27.4. The average Bonchev–Trinajstić information content (AvgIpc) is 3.88. The Hall–Kier alpha value is -6.43. The molecule has 240 valence electrons. The lowest BCUT2D eigenvalue weighted by atomic mass is 9.99. The highest BCUT2D eigenvalue weighted by atomic mass is 32.1. The number of para-hydroxylation sites is 4. The van der Waals surface area contributed by atoms with Crippen LogP contribution in [0.3, 0.4) is 0 Å². The number of thiophene rings is 1. The second-order valence-electron chi connectivity index (χ2n) is 13.1. The van der Waals surface area contributed by atoms with Crippen molar-refractivity contribution in [3.8, 4) is 5.69 Å². The van der Waals surface area contributed by atoms with Crippen molar-refractivity contribution in [2.24, 2.45) is 4.99 Å². The maximum atomic E-state index is 6.63. The number of hydrogen-bond acceptors (Lipinski definition) is 4. The highest BCUT2D eigenvalue weighted by molar-refractivity contribution is 7.26. The number of fused-ring (bicyclic) bond motifs is 9. The monoisotopic (exact) mass is 671 g/mol. The number of allylic oxidation sites excluding steroid dienone is 1. The van der Waals surface area contributed by atoms with E-state index in [2.05, 4.69) is 162 Å². The molecule has 0 amide bonds. The fourth-order valence-corrected chi connectivity index (χ4v) is 9.22. The fourth-order valence-electron chi connectivity index (χ4n) is 7.98. The van der Waals surface area contributed by atoms with Crippen LogP contribution in [-0.2, 0) is 0 Å². The number of aliphatic imine (C=N–C) groups is 1. The van der Waals surface area contributed by atoms with Crippen molar-refractivity contribution in [1.82, 2.24) is 9.88 Å². The second-order valence-corrected chi connectivity index (χ2v) is 14.2. The minimum atomic E-state index is -0.288. The number of nitrogens with zero attached hydrogens (tertiary/aromatic N) is 2. The summed E-state index contributed by atoms with van der Waals surface area (Å²) in [4.78, 5) is 5.57. The minimum absolute atomic E-state index is 0.288. The first-order valence-electron chi connectivity index (χ1n) is 17.2. The van der Waals surface area contributed by atoms with E-state index in [1.807, 2.05) is 23.5 Å². The molecule has 10 aromatic rings. The van der Waals surface area contributed by atoms with Crippen LogP contribution in [0.2, 0.25) is 0 Å². The quantitative estimate of drug-likeness (QED) is 0.202. The maximum absolute atomic E-state index is 6.63. The Morgan fingerprint density at radius 2 is 1.29 bits per heavy atom. The van der Waals surface area contributed by atoms with Gasteiger partial charge in [-0.3, -0.25) is 4.99 Å². The van der Waals surface area contributed by atoms with Gasteiger partial charge in [-0.25, -0.2) is 0 Å². The van der Waals surface area contributed by atoms with Crippen molar-refractivity contribution in [2.45, 2.75) is 6.17 Å². The molecule has 1 atom stereocenters. The molecule has 0 fully saturated rings. The smallest absolute Gasteiger partial charge is 0.159 e. The van der Waals surface area contributed by atoms with E-state index in [1.165, 1.54) is 36.5 Å². The first-order valence-corrected chi connectivity index (χ1v) is 18.1. The molecule has 5 heteroatoms. The van der Waals surface area contributed by atoms with Crippen LogP contribution < -0.4 is 5.32 Å². The van der Waals surface area contributed by atoms with Crippen LogP contribution in [0.15, 0.2) is 173 Å². The summed E-state index contributed by atoms with van der Waals surface area (Å²) in [5.74, 6) is 0. The molecule has 4 heterocycles. The van der Waals surface area contributed by atoms with Crippen molar-refractivity contribution in [3.63, 3.8) is 0 Å². The largest absolute Gasteiger partial charge is 0.454 e. The van der Waals surface area contributed by atoms with Crippen LogP contribution in [0.25, 0.3) is 75.3 Å². The Kier molecular flexibility index (Phi) is 6.15. The lowest BCUT2D eigenvalue weighted by Crippen LogP contribution is -2.25. The van der Waals surface area contributed by atoms with Crippen LogP contribution >= 0.6 is 11.3 Å². The first kappa shape index (κ1) is 28.4. The standard InChI is InChI=1S/C46H29N3OS/c1-2-13-28(14-3-1)37-27-38(48-46(47-37)36-22-11-20-34-31-17-6-9-26-42(31)51-45(34)36)35-21-10-18-32-29-15-4-7-23-39(29)49(43(32)35)40-24-12-19-33-30-16-5-8-25-41(30)50-44(33)40/h1-27,46-47H. The lowest BCUT2D eigenvalue weighted by molar-refractivity contribution is 0.666. The van der Waals surface area contributed by atoms with Crippen molar-refractivity contribution in [2.75, 3.05) is 0 Å². The van der Waals surface area contributed by atoms with E-state index < -0.39 is 0 Å². The van der Waals surface area contributed by atoms with Crippen LogP contribution in [0.4, 0.5) is 0 Å². The molecule has 0 radical (unpaired) electrons. The summed E-state index contributed by atoms with van der Waals surface area (Å²) in [6, 6.07) is 55.9. The van der Waals surface area contributed by atoms with Gasteiger partial charge in [0, 0.05) is 58.5 Å². The van der Waals surface area contributed by atoms with E-state index in [9.17, 15) is 0 Å². The second kappa shape index (κ2) is 11.0. The van der Waals surface area contributed by atoms with Crippen molar-refractivity contribution in [3.05, 3.63) is 180 Å². The fraction of sp³-hybridized carbons (Fsp3) is 0.0217. The van der Waals surface area contributed by atoms with Crippen LogP contribution in [0, 0.1) is 0 Å². The van der Waals surface area contributed by atoms with E-state index >= 15 is 0 Å². The Morgan fingerprint density at radius 3 is 2.22 bits per heavy atom. The van der Waals surface area contributed by atoms with Gasteiger partial charge < -0.3 is 14.3 Å². The van der Waals surface area contributed by atoms with Gasteiger partial charge in [0.25, 0.3) is 0 Å². The van der Waals surface area contributed by atoms with Crippen LogP contribution in [-0.4, -0.2) is 10.3 Å². The highest BCUT2D eigenvalue weighted by Gasteiger charge is 2.26.